The summed E-state index contributed by atoms with van der Waals surface area (Å²) < 4.78 is 0. The van der Waals surface area contributed by atoms with Gasteiger partial charge in [0.05, 0.1) is 6.10 Å². The first-order valence-electron chi connectivity index (χ1n) is 9.34. The first-order chi connectivity index (χ1) is 11.2. The van der Waals surface area contributed by atoms with Crippen LogP contribution >= 0.6 is 0 Å². The summed E-state index contributed by atoms with van der Waals surface area (Å²) in [7, 11) is 0. The van der Waals surface area contributed by atoms with Gasteiger partial charge in [0.1, 0.15) is 6.29 Å². The van der Waals surface area contributed by atoms with Gasteiger partial charge in [-0.1, -0.05) is 70.6 Å². The molecule has 0 spiro atoms. The fourth-order valence-electron chi connectivity index (χ4n) is 2.70. The zero-order valence-corrected chi connectivity index (χ0v) is 14.7. The molecule has 0 aromatic carbocycles. The third-order valence-corrected chi connectivity index (χ3v) is 4.11. The molecule has 0 bridgehead atoms. The van der Waals surface area contributed by atoms with Gasteiger partial charge in [-0.05, 0) is 12.8 Å². The lowest BCUT2D eigenvalue weighted by Crippen LogP contribution is -2.22. The predicted molar refractivity (Wildman–Crippen MR) is 97.4 cm³/mol. The van der Waals surface area contributed by atoms with Crippen LogP contribution in [0.25, 0.3) is 0 Å². The number of hydrogen-bond donors (Lipinski definition) is 3. The molecular formula is C18H37N3O2. The smallest absolute Gasteiger partial charge is 0.185 e. The topological polar surface area (TPSA) is 102 Å². The van der Waals surface area contributed by atoms with Gasteiger partial charge in [-0.15, -0.1) is 0 Å². The second kappa shape index (κ2) is 17.3. The lowest BCUT2D eigenvalue weighted by Gasteiger charge is -2.06. The Hall–Kier alpha value is -1.10. The Bertz CT molecular complexity index is 292. The van der Waals surface area contributed by atoms with Gasteiger partial charge in [-0.25, -0.2) is 0 Å². The van der Waals surface area contributed by atoms with Crippen LogP contribution in [0.2, 0.25) is 0 Å². The first kappa shape index (κ1) is 21.9. The number of aliphatic imine (C=N–C) groups is 1. The molecule has 0 aromatic rings. The summed E-state index contributed by atoms with van der Waals surface area (Å²) in [5.41, 5.74) is 10.5. The van der Waals surface area contributed by atoms with Crippen molar-refractivity contribution in [3.63, 3.8) is 0 Å². The second-order valence-corrected chi connectivity index (χ2v) is 6.39. The number of hydrogen-bond acceptors (Lipinski definition) is 3. The minimum absolute atomic E-state index is 0.196. The van der Waals surface area contributed by atoms with Crippen LogP contribution in [0.1, 0.15) is 89.9 Å². The van der Waals surface area contributed by atoms with Gasteiger partial charge in [-0.3, -0.25) is 4.99 Å². The molecular weight excluding hydrogens is 290 g/mol. The molecule has 0 saturated heterocycles. The molecule has 136 valence electrons. The molecule has 0 aliphatic rings. The number of nitrogens with two attached hydrogens (primary N) is 2. The molecule has 1 unspecified atom stereocenters. The molecule has 5 nitrogen and oxygen atoms in total. The Morgan fingerprint density at radius 3 is 1.70 bits per heavy atom. The molecule has 0 aromatic heterocycles. The average Bonchev–Trinajstić information content (AvgIpc) is 2.51. The first-order valence-corrected chi connectivity index (χ1v) is 9.34. The average molecular weight is 328 g/mol. The molecule has 23 heavy (non-hydrogen) atoms. The number of aliphatic hydroxyl groups is 1. The van der Waals surface area contributed by atoms with Crippen LogP contribution in [0.3, 0.4) is 0 Å². The van der Waals surface area contributed by atoms with Crippen molar-refractivity contribution in [2.24, 2.45) is 16.5 Å². The fraction of sp³-hybridized carbons (Fsp3) is 0.889. The van der Waals surface area contributed by atoms with Gasteiger partial charge >= 0.3 is 0 Å². The number of aldehydes is 1. The molecule has 0 heterocycles. The summed E-state index contributed by atoms with van der Waals surface area (Å²) in [6.07, 6.45) is 16.4. The Kier molecular flexibility index (Phi) is 16.4. The third kappa shape index (κ3) is 18.9. The maximum atomic E-state index is 10.2. The summed E-state index contributed by atoms with van der Waals surface area (Å²) in [4.78, 5) is 14.2. The molecule has 0 rings (SSSR count). The summed E-state index contributed by atoms with van der Waals surface area (Å²) in [6.45, 7) is 0.758. The molecule has 5 heteroatoms. The van der Waals surface area contributed by atoms with E-state index in [4.69, 9.17) is 11.5 Å². The molecule has 0 fully saturated rings. The Labute approximate surface area is 141 Å². The quantitative estimate of drug-likeness (QED) is 0.165. The number of rotatable bonds is 17. The maximum Gasteiger partial charge on any atom is 0.185 e. The van der Waals surface area contributed by atoms with E-state index in [1.165, 1.54) is 64.2 Å². The van der Waals surface area contributed by atoms with Gasteiger partial charge in [0.2, 0.25) is 0 Å². The zero-order valence-electron chi connectivity index (χ0n) is 14.7. The highest BCUT2D eigenvalue weighted by Crippen LogP contribution is 2.13. The highest BCUT2D eigenvalue weighted by atomic mass is 16.3. The van der Waals surface area contributed by atoms with Crippen LogP contribution in [-0.4, -0.2) is 30.0 Å². The van der Waals surface area contributed by atoms with Gasteiger partial charge in [0.25, 0.3) is 0 Å². The van der Waals surface area contributed by atoms with E-state index in [0.717, 1.165) is 32.1 Å². The number of carbonyl (C=O) groups is 1. The van der Waals surface area contributed by atoms with E-state index in [-0.39, 0.29) is 12.4 Å². The van der Waals surface area contributed by atoms with Crippen LogP contribution in [0.4, 0.5) is 0 Å². The minimum atomic E-state index is -0.424. The lowest BCUT2D eigenvalue weighted by molar-refractivity contribution is -0.109. The Morgan fingerprint density at radius 2 is 1.26 bits per heavy atom. The molecule has 0 aliphatic carbocycles. The van der Waals surface area contributed by atoms with Crippen LogP contribution in [0.15, 0.2) is 4.99 Å². The van der Waals surface area contributed by atoms with Crippen molar-refractivity contribution in [3.8, 4) is 0 Å². The van der Waals surface area contributed by atoms with Gasteiger partial charge in [0.15, 0.2) is 5.96 Å². The molecule has 0 saturated carbocycles. The normalized spacial score (nSPS) is 12.0. The maximum absolute atomic E-state index is 10.2. The summed E-state index contributed by atoms with van der Waals surface area (Å²) in [5, 5.41) is 9.42. The van der Waals surface area contributed by atoms with Crippen molar-refractivity contribution in [2.45, 2.75) is 96.0 Å². The molecule has 1 atom stereocenters. The predicted octanol–water partition coefficient (Wildman–Crippen LogP) is 3.28. The van der Waals surface area contributed by atoms with Crippen LogP contribution in [-0.2, 0) is 4.79 Å². The van der Waals surface area contributed by atoms with E-state index in [0.29, 0.717) is 0 Å². The number of carbonyl (C=O) groups excluding carboxylic acids is 1. The van der Waals surface area contributed by atoms with Crippen LogP contribution < -0.4 is 11.5 Å². The number of guanidine groups is 1. The highest BCUT2D eigenvalue weighted by molar-refractivity contribution is 5.75. The molecule has 0 aliphatic heterocycles. The SMILES string of the molecule is NC(N)=NCCCCCCCCCCCCCCC(O)CC=O. The largest absolute Gasteiger partial charge is 0.393 e. The second-order valence-electron chi connectivity index (χ2n) is 6.39. The van der Waals surface area contributed by atoms with Gasteiger partial charge in [-0.2, -0.15) is 0 Å². The van der Waals surface area contributed by atoms with E-state index in [1.807, 2.05) is 0 Å². The fourth-order valence-corrected chi connectivity index (χ4v) is 2.70. The third-order valence-electron chi connectivity index (χ3n) is 4.11. The van der Waals surface area contributed by atoms with Gasteiger partial charge < -0.3 is 21.4 Å². The Balaban J connectivity index is 3.08. The van der Waals surface area contributed by atoms with Crippen molar-refractivity contribution < 1.29 is 9.90 Å². The van der Waals surface area contributed by atoms with Crippen molar-refractivity contribution in [3.05, 3.63) is 0 Å². The number of aliphatic hydroxyl groups excluding tert-OH is 1. The van der Waals surface area contributed by atoms with E-state index in [9.17, 15) is 9.90 Å². The van der Waals surface area contributed by atoms with Crippen molar-refractivity contribution in [1.29, 1.82) is 0 Å². The van der Waals surface area contributed by atoms with Gasteiger partial charge in [0, 0.05) is 13.0 Å². The summed E-state index contributed by atoms with van der Waals surface area (Å²) >= 11 is 0. The van der Waals surface area contributed by atoms with Crippen LogP contribution in [0.5, 0.6) is 0 Å². The van der Waals surface area contributed by atoms with Crippen LogP contribution in [0, 0.1) is 0 Å². The molecule has 0 amide bonds. The highest BCUT2D eigenvalue weighted by Gasteiger charge is 2.02. The van der Waals surface area contributed by atoms with E-state index < -0.39 is 6.10 Å². The standard InChI is InChI=1S/C18H37N3O2/c19-18(20)21-15-12-10-8-6-4-2-1-3-5-7-9-11-13-17(23)14-16-22/h16-17,23H,1-15H2,(H4,19,20,21). The van der Waals surface area contributed by atoms with Crippen molar-refractivity contribution in [2.75, 3.05) is 6.54 Å². The van der Waals surface area contributed by atoms with Crippen molar-refractivity contribution in [1.82, 2.24) is 0 Å². The number of unbranched alkanes of at least 4 members (excludes halogenated alkanes) is 11. The molecule has 5 N–H and O–H groups in total. The summed E-state index contributed by atoms with van der Waals surface area (Å²) in [5.74, 6) is 0.196. The Morgan fingerprint density at radius 1 is 0.826 bits per heavy atom. The minimum Gasteiger partial charge on any atom is -0.393 e. The monoisotopic (exact) mass is 327 g/mol. The van der Waals surface area contributed by atoms with E-state index in [2.05, 4.69) is 4.99 Å². The summed E-state index contributed by atoms with van der Waals surface area (Å²) in [6, 6.07) is 0. The lowest BCUT2D eigenvalue weighted by atomic mass is 10.0. The van der Waals surface area contributed by atoms with Crippen molar-refractivity contribution >= 4 is 12.2 Å². The molecule has 0 radical (unpaired) electrons. The van der Waals surface area contributed by atoms with E-state index >= 15 is 0 Å². The van der Waals surface area contributed by atoms with E-state index in [1.54, 1.807) is 0 Å². The number of nitrogens with zero attached hydrogens (tertiary/aromatic N) is 1. The zero-order chi connectivity index (χ0) is 17.2.